The van der Waals surface area contributed by atoms with Crippen LogP contribution in [0.5, 0.6) is 11.5 Å². The first-order valence-electron chi connectivity index (χ1n) is 10.3. The number of carbonyl (C=O) groups is 2. The average Bonchev–Trinajstić information content (AvgIpc) is 3.12. The minimum absolute atomic E-state index is 0.0159. The van der Waals surface area contributed by atoms with E-state index in [2.05, 4.69) is 4.90 Å². The van der Waals surface area contributed by atoms with E-state index in [-0.39, 0.29) is 23.1 Å². The first-order chi connectivity index (χ1) is 14.0. The van der Waals surface area contributed by atoms with Crippen LogP contribution in [0.4, 0.5) is 0 Å². The van der Waals surface area contributed by atoms with E-state index in [1.165, 1.54) is 0 Å². The average molecular weight is 420 g/mol. The molecule has 3 heterocycles. The second kappa shape index (κ2) is 8.83. The molecule has 3 aliphatic rings. The number of nitrogens with zero attached hydrogens (tertiary/aromatic N) is 3. The lowest BCUT2D eigenvalue weighted by Crippen LogP contribution is -2.51. The van der Waals surface area contributed by atoms with Gasteiger partial charge < -0.3 is 19.3 Å². The van der Waals surface area contributed by atoms with Gasteiger partial charge >= 0.3 is 0 Å². The highest BCUT2D eigenvalue weighted by Crippen LogP contribution is 2.42. The van der Waals surface area contributed by atoms with Crippen LogP contribution >= 0.6 is 11.8 Å². The molecule has 1 aromatic carbocycles. The molecule has 0 saturated carbocycles. The van der Waals surface area contributed by atoms with Crippen molar-refractivity contribution in [3.63, 3.8) is 0 Å². The Kier molecular flexibility index (Phi) is 6.20. The minimum Gasteiger partial charge on any atom is -0.486 e. The Morgan fingerprint density at radius 3 is 2.55 bits per heavy atom. The molecule has 1 unspecified atom stereocenters. The van der Waals surface area contributed by atoms with Crippen LogP contribution in [0.3, 0.4) is 0 Å². The second-order valence-corrected chi connectivity index (χ2v) is 9.04. The fraction of sp³-hybridized carbons (Fsp3) is 0.619. The Labute approximate surface area is 176 Å². The number of benzene rings is 1. The maximum atomic E-state index is 12.5. The number of piperazine rings is 1. The summed E-state index contributed by atoms with van der Waals surface area (Å²) in [4.78, 5) is 30.9. The molecule has 0 aromatic heterocycles. The summed E-state index contributed by atoms with van der Waals surface area (Å²) in [5.74, 6) is 2.51. The van der Waals surface area contributed by atoms with E-state index < -0.39 is 0 Å². The predicted molar refractivity (Wildman–Crippen MR) is 112 cm³/mol. The number of rotatable bonds is 5. The van der Waals surface area contributed by atoms with Crippen molar-refractivity contribution in [3.05, 3.63) is 23.8 Å². The first kappa shape index (κ1) is 20.3. The number of fused-ring (bicyclic) bond motifs is 1. The van der Waals surface area contributed by atoms with Gasteiger partial charge in [0.15, 0.2) is 11.5 Å². The minimum atomic E-state index is 0.0159. The number of ether oxygens (including phenoxy) is 2. The van der Waals surface area contributed by atoms with Crippen LogP contribution < -0.4 is 9.47 Å². The van der Waals surface area contributed by atoms with Crippen molar-refractivity contribution in [3.8, 4) is 11.5 Å². The van der Waals surface area contributed by atoms with Crippen molar-refractivity contribution in [2.24, 2.45) is 5.92 Å². The third-order valence-corrected chi connectivity index (χ3v) is 6.91. The second-order valence-electron chi connectivity index (χ2n) is 7.98. The Bertz CT molecular complexity index is 764. The van der Waals surface area contributed by atoms with Gasteiger partial charge in [0.2, 0.25) is 11.8 Å². The maximum Gasteiger partial charge on any atom is 0.233 e. The highest BCUT2D eigenvalue weighted by atomic mass is 32.2. The topological polar surface area (TPSA) is 62.3 Å². The molecule has 0 radical (unpaired) electrons. The summed E-state index contributed by atoms with van der Waals surface area (Å²) in [6.45, 7) is 9.82. The summed E-state index contributed by atoms with van der Waals surface area (Å²) < 4.78 is 11.3. The number of thioether (sulfide) groups is 1. The number of amides is 2. The van der Waals surface area contributed by atoms with Crippen molar-refractivity contribution < 1.29 is 19.1 Å². The molecule has 3 aliphatic heterocycles. The first-order valence-corrected chi connectivity index (χ1v) is 11.4. The van der Waals surface area contributed by atoms with Gasteiger partial charge in [0, 0.05) is 45.2 Å². The van der Waals surface area contributed by atoms with E-state index in [0.717, 1.165) is 49.8 Å². The number of hydrogen-bond donors (Lipinski definition) is 0. The van der Waals surface area contributed by atoms with Crippen LogP contribution in [0.1, 0.15) is 24.8 Å². The lowest BCUT2D eigenvalue weighted by molar-refractivity contribution is -0.136. The van der Waals surface area contributed by atoms with E-state index in [4.69, 9.17) is 9.47 Å². The third kappa shape index (κ3) is 4.48. The zero-order chi connectivity index (χ0) is 20.4. The van der Waals surface area contributed by atoms with Crippen LogP contribution in [0.2, 0.25) is 0 Å². The number of carbonyl (C=O) groups excluding carboxylic acids is 2. The summed E-state index contributed by atoms with van der Waals surface area (Å²) in [6, 6.07) is 5.98. The van der Waals surface area contributed by atoms with Gasteiger partial charge in [0.1, 0.15) is 18.6 Å². The van der Waals surface area contributed by atoms with Gasteiger partial charge in [-0.15, -0.1) is 11.8 Å². The van der Waals surface area contributed by atoms with Crippen LogP contribution in [0.15, 0.2) is 18.2 Å². The standard InChI is InChI=1S/C21H29N3O4S/c1-15(2)20(26)23-8-5-22(6-9-23)7-10-24-19(25)14-29-21(24)16-3-4-17-18(13-16)28-12-11-27-17/h3-4,13,15,21H,5-12,14H2,1-2H3. The largest absolute Gasteiger partial charge is 0.486 e. The van der Waals surface area contributed by atoms with Crippen LogP contribution in [0.25, 0.3) is 0 Å². The Morgan fingerprint density at radius 2 is 1.83 bits per heavy atom. The zero-order valence-corrected chi connectivity index (χ0v) is 18.0. The fourth-order valence-corrected chi connectivity index (χ4v) is 5.20. The molecule has 0 N–H and O–H groups in total. The molecule has 158 valence electrons. The van der Waals surface area contributed by atoms with E-state index in [9.17, 15) is 9.59 Å². The highest BCUT2D eigenvalue weighted by Gasteiger charge is 2.34. The van der Waals surface area contributed by atoms with Crippen LogP contribution in [0, 0.1) is 5.92 Å². The van der Waals surface area contributed by atoms with Crippen molar-refractivity contribution in [1.82, 2.24) is 14.7 Å². The summed E-state index contributed by atoms with van der Waals surface area (Å²) in [5, 5.41) is 0.0159. The molecular formula is C21H29N3O4S. The molecule has 7 nitrogen and oxygen atoms in total. The van der Waals surface area contributed by atoms with Crippen molar-refractivity contribution in [2.45, 2.75) is 19.2 Å². The smallest absolute Gasteiger partial charge is 0.233 e. The van der Waals surface area contributed by atoms with Gasteiger partial charge in [0.05, 0.1) is 5.75 Å². The molecule has 0 spiro atoms. The SMILES string of the molecule is CC(C)C(=O)N1CCN(CCN2C(=O)CSC2c2ccc3c(c2)OCCO3)CC1. The lowest BCUT2D eigenvalue weighted by Gasteiger charge is -2.36. The van der Waals surface area contributed by atoms with Crippen LogP contribution in [-0.2, 0) is 9.59 Å². The summed E-state index contributed by atoms with van der Waals surface area (Å²) in [6.07, 6.45) is 0. The monoisotopic (exact) mass is 419 g/mol. The van der Waals surface area contributed by atoms with E-state index in [1.54, 1.807) is 11.8 Å². The summed E-state index contributed by atoms with van der Waals surface area (Å²) in [5.41, 5.74) is 1.08. The van der Waals surface area contributed by atoms with E-state index >= 15 is 0 Å². The van der Waals surface area contributed by atoms with E-state index in [1.807, 2.05) is 41.8 Å². The van der Waals surface area contributed by atoms with Gasteiger partial charge in [-0.1, -0.05) is 19.9 Å². The molecular weight excluding hydrogens is 390 g/mol. The Hall–Kier alpha value is -1.93. The maximum absolute atomic E-state index is 12.5. The summed E-state index contributed by atoms with van der Waals surface area (Å²) >= 11 is 1.67. The molecule has 0 aliphatic carbocycles. The van der Waals surface area contributed by atoms with Gasteiger partial charge in [-0.05, 0) is 17.7 Å². The number of hydrogen-bond acceptors (Lipinski definition) is 6. The quantitative estimate of drug-likeness (QED) is 0.726. The molecule has 4 rings (SSSR count). The van der Waals surface area contributed by atoms with Crippen molar-refractivity contribution >= 4 is 23.6 Å². The highest BCUT2D eigenvalue weighted by molar-refractivity contribution is 8.00. The Morgan fingerprint density at radius 1 is 1.10 bits per heavy atom. The third-order valence-electron chi connectivity index (χ3n) is 5.65. The van der Waals surface area contributed by atoms with Crippen molar-refractivity contribution in [2.75, 3.05) is 58.2 Å². The van der Waals surface area contributed by atoms with E-state index in [0.29, 0.717) is 25.5 Å². The normalized spacial score (nSPS) is 22.4. The van der Waals surface area contributed by atoms with Gasteiger partial charge in [-0.3, -0.25) is 14.5 Å². The van der Waals surface area contributed by atoms with Gasteiger partial charge in [0.25, 0.3) is 0 Å². The van der Waals surface area contributed by atoms with Crippen LogP contribution in [-0.4, -0.2) is 84.7 Å². The van der Waals surface area contributed by atoms with Crippen molar-refractivity contribution in [1.29, 1.82) is 0 Å². The molecule has 29 heavy (non-hydrogen) atoms. The molecule has 2 amide bonds. The van der Waals surface area contributed by atoms with Gasteiger partial charge in [-0.2, -0.15) is 0 Å². The molecule has 2 fully saturated rings. The predicted octanol–water partition coefficient (Wildman–Crippen LogP) is 1.83. The summed E-state index contributed by atoms with van der Waals surface area (Å²) in [7, 11) is 0. The molecule has 1 atom stereocenters. The van der Waals surface area contributed by atoms with Gasteiger partial charge in [-0.25, -0.2) is 0 Å². The Balaban J connectivity index is 1.34. The zero-order valence-electron chi connectivity index (χ0n) is 17.1. The lowest BCUT2D eigenvalue weighted by atomic mass is 10.1. The molecule has 0 bridgehead atoms. The fourth-order valence-electron chi connectivity index (χ4n) is 3.99. The molecule has 2 saturated heterocycles. The molecule has 8 heteroatoms. The molecule has 1 aromatic rings.